The third-order valence-corrected chi connectivity index (χ3v) is 3.91. The van der Waals surface area contributed by atoms with E-state index in [-0.39, 0.29) is 17.6 Å². The molecule has 1 unspecified atom stereocenters. The summed E-state index contributed by atoms with van der Waals surface area (Å²) in [5.74, 6) is -0.0762. The molecule has 2 aromatic rings. The third kappa shape index (κ3) is 3.62. The van der Waals surface area contributed by atoms with Gasteiger partial charge >= 0.3 is 5.97 Å². The summed E-state index contributed by atoms with van der Waals surface area (Å²) in [6.07, 6.45) is 0. The molecule has 0 fully saturated rings. The Hall–Kier alpha value is -1.41. The van der Waals surface area contributed by atoms with E-state index < -0.39 is 5.97 Å². The second-order valence-corrected chi connectivity index (χ2v) is 5.51. The van der Waals surface area contributed by atoms with E-state index in [9.17, 15) is 9.18 Å². The first-order valence-electron chi connectivity index (χ1n) is 6.43. The summed E-state index contributed by atoms with van der Waals surface area (Å²) in [4.78, 5) is 11.5. The largest absolute Gasteiger partial charge is 0.463 e. The Morgan fingerprint density at radius 3 is 2.81 bits per heavy atom. The van der Waals surface area contributed by atoms with E-state index >= 15 is 0 Å². The minimum Gasteiger partial charge on any atom is -0.463 e. The number of hydrogen-bond donors (Lipinski definition) is 1. The van der Waals surface area contributed by atoms with E-state index in [2.05, 4.69) is 32.6 Å². The molecule has 0 aliphatic carbocycles. The lowest BCUT2D eigenvalue weighted by atomic mass is 10.0. The Bertz CT molecular complexity index is 642. The fourth-order valence-corrected chi connectivity index (χ4v) is 2.81. The predicted molar refractivity (Wildman–Crippen MR) is 84.7 cm³/mol. The monoisotopic (exact) mass is 403 g/mol. The fourth-order valence-electron chi connectivity index (χ4n) is 2.02. The van der Waals surface area contributed by atoms with Crippen molar-refractivity contribution in [3.63, 3.8) is 0 Å². The number of rotatable bonds is 5. The highest BCUT2D eigenvalue weighted by Crippen LogP contribution is 2.28. The number of carbonyl (C=O) groups excluding carboxylic acids is 1. The van der Waals surface area contributed by atoms with Crippen LogP contribution in [0.5, 0.6) is 0 Å². The zero-order chi connectivity index (χ0) is 15.4. The van der Waals surface area contributed by atoms with Gasteiger partial charge in [0.1, 0.15) is 11.6 Å². The van der Waals surface area contributed by atoms with Crippen LogP contribution in [0, 0.1) is 9.39 Å². The van der Waals surface area contributed by atoms with Gasteiger partial charge in [0.2, 0.25) is 5.76 Å². The molecule has 21 heavy (non-hydrogen) atoms. The van der Waals surface area contributed by atoms with E-state index in [1.165, 1.54) is 19.2 Å². The summed E-state index contributed by atoms with van der Waals surface area (Å²) >= 11 is 2.08. The molecule has 0 saturated heterocycles. The molecule has 1 aromatic carbocycles. The third-order valence-electron chi connectivity index (χ3n) is 2.98. The lowest BCUT2D eigenvalue weighted by Crippen LogP contribution is -2.22. The van der Waals surface area contributed by atoms with Gasteiger partial charge in [0, 0.05) is 3.57 Å². The molecule has 0 amide bonds. The summed E-state index contributed by atoms with van der Waals surface area (Å²) in [6.45, 7) is 2.67. The number of esters is 1. The van der Waals surface area contributed by atoms with Crippen LogP contribution in [0.1, 0.15) is 34.8 Å². The number of halogens is 2. The van der Waals surface area contributed by atoms with Crippen LogP contribution in [0.3, 0.4) is 0 Å². The maximum absolute atomic E-state index is 13.2. The number of nitrogens with one attached hydrogen (secondary N) is 1. The van der Waals surface area contributed by atoms with Crippen molar-refractivity contribution in [1.82, 2.24) is 5.32 Å². The van der Waals surface area contributed by atoms with Crippen molar-refractivity contribution in [3.8, 4) is 0 Å². The SMILES string of the molecule is CCNC(c1ccc(C(=O)OC)o1)c1ccc(F)cc1I. The summed E-state index contributed by atoms with van der Waals surface area (Å²) in [6, 6.07) is 7.63. The van der Waals surface area contributed by atoms with Gasteiger partial charge < -0.3 is 14.5 Å². The molecule has 112 valence electrons. The Morgan fingerprint density at radius 1 is 1.43 bits per heavy atom. The molecule has 1 N–H and O–H groups in total. The van der Waals surface area contributed by atoms with Gasteiger partial charge in [-0.05, 0) is 59.0 Å². The summed E-state index contributed by atoms with van der Waals surface area (Å²) in [5, 5.41) is 3.27. The van der Waals surface area contributed by atoms with Crippen LogP contribution in [0.2, 0.25) is 0 Å². The first kappa shape index (κ1) is 16.0. The van der Waals surface area contributed by atoms with E-state index in [1.54, 1.807) is 18.2 Å². The molecule has 1 heterocycles. The van der Waals surface area contributed by atoms with Gasteiger partial charge in [-0.25, -0.2) is 9.18 Å². The zero-order valence-corrected chi connectivity index (χ0v) is 13.8. The number of carbonyl (C=O) groups is 1. The first-order valence-corrected chi connectivity index (χ1v) is 7.51. The number of ether oxygens (including phenoxy) is 1. The molecule has 2 rings (SSSR count). The normalized spacial score (nSPS) is 12.2. The van der Waals surface area contributed by atoms with Gasteiger partial charge in [-0.2, -0.15) is 0 Å². The molecular weight excluding hydrogens is 388 g/mol. The number of methoxy groups -OCH3 is 1. The standard InChI is InChI=1S/C15H15FINO3/c1-3-18-14(10-5-4-9(16)8-11(10)17)12-6-7-13(21-12)15(19)20-2/h4-8,14,18H,3H2,1-2H3. The molecule has 4 nitrogen and oxygen atoms in total. The molecule has 0 bridgehead atoms. The van der Waals surface area contributed by atoms with Gasteiger partial charge in [-0.3, -0.25) is 0 Å². The minimum atomic E-state index is -0.523. The van der Waals surface area contributed by atoms with E-state index in [4.69, 9.17) is 4.42 Å². The van der Waals surface area contributed by atoms with Gasteiger partial charge in [0.15, 0.2) is 0 Å². The van der Waals surface area contributed by atoms with Gasteiger partial charge in [-0.1, -0.05) is 13.0 Å². The zero-order valence-electron chi connectivity index (χ0n) is 11.7. The smallest absolute Gasteiger partial charge is 0.373 e. The second kappa shape index (κ2) is 7.04. The maximum Gasteiger partial charge on any atom is 0.373 e. The van der Waals surface area contributed by atoms with Crippen LogP contribution in [-0.2, 0) is 4.74 Å². The summed E-state index contributed by atoms with van der Waals surface area (Å²) < 4.78 is 24.2. The molecule has 1 atom stereocenters. The van der Waals surface area contributed by atoms with Crippen molar-refractivity contribution in [2.24, 2.45) is 0 Å². The Kier molecular flexibility index (Phi) is 5.35. The molecule has 0 saturated carbocycles. The molecule has 1 aromatic heterocycles. The molecule has 0 spiro atoms. The highest BCUT2D eigenvalue weighted by Gasteiger charge is 2.21. The van der Waals surface area contributed by atoms with Crippen molar-refractivity contribution >= 4 is 28.6 Å². The fraction of sp³-hybridized carbons (Fsp3) is 0.267. The average Bonchev–Trinajstić information content (AvgIpc) is 2.94. The van der Waals surface area contributed by atoms with Crippen molar-refractivity contribution in [2.45, 2.75) is 13.0 Å². The summed E-state index contributed by atoms with van der Waals surface area (Å²) in [7, 11) is 1.30. The quantitative estimate of drug-likeness (QED) is 0.614. The summed E-state index contributed by atoms with van der Waals surface area (Å²) in [5.41, 5.74) is 0.893. The van der Waals surface area contributed by atoms with E-state index in [1.807, 2.05) is 6.92 Å². The molecule has 0 radical (unpaired) electrons. The Morgan fingerprint density at radius 2 is 2.19 bits per heavy atom. The van der Waals surface area contributed by atoms with E-state index in [0.717, 1.165) is 9.13 Å². The van der Waals surface area contributed by atoms with Crippen molar-refractivity contribution in [1.29, 1.82) is 0 Å². The molecule has 0 aliphatic heterocycles. The van der Waals surface area contributed by atoms with Crippen LogP contribution in [0.4, 0.5) is 4.39 Å². The maximum atomic E-state index is 13.2. The van der Waals surface area contributed by atoms with Crippen LogP contribution >= 0.6 is 22.6 Å². The van der Waals surface area contributed by atoms with Crippen LogP contribution in [-0.4, -0.2) is 19.6 Å². The Labute approximate surface area is 135 Å². The van der Waals surface area contributed by atoms with E-state index in [0.29, 0.717) is 12.3 Å². The van der Waals surface area contributed by atoms with Crippen molar-refractivity contribution in [2.75, 3.05) is 13.7 Å². The average molecular weight is 403 g/mol. The van der Waals surface area contributed by atoms with Gasteiger partial charge in [0.05, 0.1) is 13.2 Å². The molecular formula is C15H15FINO3. The number of benzene rings is 1. The van der Waals surface area contributed by atoms with Crippen molar-refractivity contribution in [3.05, 3.63) is 56.8 Å². The molecule has 6 heteroatoms. The van der Waals surface area contributed by atoms with Crippen LogP contribution < -0.4 is 5.32 Å². The lowest BCUT2D eigenvalue weighted by Gasteiger charge is -2.17. The highest BCUT2D eigenvalue weighted by atomic mass is 127. The minimum absolute atomic E-state index is 0.146. The topological polar surface area (TPSA) is 51.5 Å². The first-order chi connectivity index (χ1) is 10.1. The second-order valence-electron chi connectivity index (χ2n) is 4.35. The number of furan rings is 1. The van der Waals surface area contributed by atoms with Gasteiger partial charge in [0.25, 0.3) is 0 Å². The van der Waals surface area contributed by atoms with Gasteiger partial charge in [-0.15, -0.1) is 0 Å². The van der Waals surface area contributed by atoms with Crippen molar-refractivity contribution < 1.29 is 18.3 Å². The number of hydrogen-bond acceptors (Lipinski definition) is 4. The lowest BCUT2D eigenvalue weighted by molar-refractivity contribution is 0.0562. The highest BCUT2D eigenvalue weighted by molar-refractivity contribution is 14.1. The Balaban J connectivity index is 2.38. The van der Waals surface area contributed by atoms with Crippen LogP contribution in [0.25, 0.3) is 0 Å². The van der Waals surface area contributed by atoms with Crippen LogP contribution in [0.15, 0.2) is 34.7 Å². The predicted octanol–water partition coefficient (Wildman–Crippen LogP) is 3.51. The molecule has 0 aliphatic rings.